The van der Waals surface area contributed by atoms with E-state index in [2.05, 4.69) is 36.2 Å². The fraction of sp³-hybridized carbons (Fsp3) is 0.571. The summed E-state index contributed by atoms with van der Waals surface area (Å²) in [6.45, 7) is 10.8. The molecule has 0 bridgehead atoms. The minimum Gasteiger partial charge on any atom is -0.444 e. The van der Waals surface area contributed by atoms with Crippen molar-refractivity contribution in [2.75, 3.05) is 43.9 Å². The van der Waals surface area contributed by atoms with Crippen molar-refractivity contribution < 1.29 is 19.1 Å². The molecule has 1 unspecified atom stereocenters. The van der Waals surface area contributed by atoms with Crippen molar-refractivity contribution in [1.29, 1.82) is 0 Å². The van der Waals surface area contributed by atoms with Crippen molar-refractivity contribution in [2.24, 2.45) is 0 Å². The van der Waals surface area contributed by atoms with Crippen LogP contribution in [-0.4, -0.2) is 82.6 Å². The third-order valence-corrected chi connectivity index (χ3v) is 5.74. The molecule has 0 aromatic carbocycles. The molecule has 0 aliphatic heterocycles. The van der Waals surface area contributed by atoms with Gasteiger partial charge in [-0.05, 0) is 64.2 Å². The Balaban J connectivity index is 1.88. The van der Waals surface area contributed by atoms with Gasteiger partial charge in [-0.25, -0.2) is 9.78 Å². The molecule has 12 heteroatoms. The number of rotatable bonds is 15. The molecule has 4 N–H and O–H groups in total. The van der Waals surface area contributed by atoms with E-state index in [1.165, 1.54) is 18.1 Å². The van der Waals surface area contributed by atoms with Gasteiger partial charge in [-0.15, -0.1) is 0 Å². The van der Waals surface area contributed by atoms with Crippen LogP contribution in [0, 0.1) is 0 Å². The largest absolute Gasteiger partial charge is 0.444 e. The first kappa shape index (κ1) is 32.3. The highest BCUT2D eigenvalue weighted by molar-refractivity contribution is 5.98. The number of anilines is 2. The van der Waals surface area contributed by atoms with Crippen molar-refractivity contribution in [3.05, 3.63) is 41.9 Å². The Hall–Kier alpha value is -3.96. The normalized spacial score (nSPS) is 11.8. The Kier molecular flexibility index (Phi) is 13.1. The predicted molar refractivity (Wildman–Crippen MR) is 155 cm³/mol. The van der Waals surface area contributed by atoms with Gasteiger partial charge in [0.1, 0.15) is 23.5 Å². The summed E-state index contributed by atoms with van der Waals surface area (Å²) in [6, 6.07) is 3.75. The standard InChI is InChI=1S/C28H44N8O4/c1-7-13-30-24-22(18-33-26(35-24)32-16-11-20-9-14-29-15-10-20)25(38)31-17-12-21(8-2)34-23(37)19-36(6)27(39)40-28(3,4)5/h9-10,14-15,18,21H,7-8,11-13,16-17,19H2,1-6H3,(H,31,38)(H,34,37)(H2,30,32,33,35). The molecule has 0 radical (unpaired) electrons. The summed E-state index contributed by atoms with van der Waals surface area (Å²) in [6.07, 6.45) is 7.33. The first-order valence-electron chi connectivity index (χ1n) is 13.8. The van der Waals surface area contributed by atoms with E-state index in [4.69, 9.17) is 4.74 Å². The van der Waals surface area contributed by atoms with Crippen LogP contribution in [0.1, 0.15) is 69.8 Å². The summed E-state index contributed by atoms with van der Waals surface area (Å²) in [5, 5.41) is 12.2. The molecule has 2 rings (SSSR count). The molecule has 0 aliphatic carbocycles. The molecule has 0 saturated heterocycles. The van der Waals surface area contributed by atoms with Gasteiger partial charge in [-0.3, -0.25) is 14.6 Å². The zero-order valence-electron chi connectivity index (χ0n) is 24.5. The molecule has 0 saturated carbocycles. The first-order chi connectivity index (χ1) is 19.0. The Morgan fingerprint density at radius 3 is 2.42 bits per heavy atom. The number of amides is 3. The molecule has 40 heavy (non-hydrogen) atoms. The monoisotopic (exact) mass is 556 g/mol. The van der Waals surface area contributed by atoms with E-state index in [0.29, 0.717) is 49.8 Å². The lowest BCUT2D eigenvalue weighted by Gasteiger charge is -2.25. The lowest BCUT2D eigenvalue weighted by molar-refractivity contribution is -0.122. The lowest BCUT2D eigenvalue weighted by Crippen LogP contribution is -2.44. The number of ether oxygens (including phenoxy) is 1. The Labute approximate surface area is 237 Å². The average molecular weight is 557 g/mol. The van der Waals surface area contributed by atoms with E-state index in [-0.39, 0.29) is 24.4 Å². The number of hydrogen-bond acceptors (Lipinski definition) is 9. The minimum atomic E-state index is -0.639. The van der Waals surface area contributed by atoms with Gasteiger partial charge in [0, 0.05) is 51.3 Å². The van der Waals surface area contributed by atoms with Crippen molar-refractivity contribution in [1.82, 2.24) is 30.5 Å². The maximum Gasteiger partial charge on any atom is 0.410 e. The zero-order chi connectivity index (χ0) is 29.5. The molecule has 2 heterocycles. The van der Waals surface area contributed by atoms with Crippen LogP contribution in [0.3, 0.4) is 0 Å². The molecule has 0 aliphatic rings. The van der Waals surface area contributed by atoms with E-state index in [1.807, 2.05) is 26.0 Å². The third-order valence-electron chi connectivity index (χ3n) is 5.74. The maximum absolute atomic E-state index is 13.0. The second kappa shape index (κ2) is 16.2. The van der Waals surface area contributed by atoms with E-state index in [0.717, 1.165) is 18.4 Å². The van der Waals surface area contributed by atoms with E-state index in [9.17, 15) is 14.4 Å². The quantitative estimate of drug-likeness (QED) is 0.259. The number of nitrogens with one attached hydrogen (secondary N) is 4. The number of pyridine rings is 1. The molecule has 2 aromatic heterocycles. The predicted octanol–water partition coefficient (Wildman–Crippen LogP) is 3.23. The molecular weight excluding hydrogens is 512 g/mol. The number of hydrogen-bond donors (Lipinski definition) is 4. The van der Waals surface area contributed by atoms with Gasteiger partial charge >= 0.3 is 6.09 Å². The van der Waals surface area contributed by atoms with Crippen molar-refractivity contribution >= 4 is 29.7 Å². The van der Waals surface area contributed by atoms with Crippen LogP contribution in [0.2, 0.25) is 0 Å². The second-order valence-corrected chi connectivity index (χ2v) is 10.5. The van der Waals surface area contributed by atoms with Crippen LogP contribution in [-0.2, 0) is 16.0 Å². The number of aromatic nitrogens is 3. The lowest BCUT2D eigenvalue weighted by atomic mass is 10.1. The molecule has 220 valence electrons. The SMILES string of the molecule is CCCNc1nc(NCCc2ccncc2)ncc1C(=O)NCCC(CC)NC(=O)CN(C)C(=O)OC(C)(C)C. The highest BCUT2D eigenvalue weighted by atomic mass is 16.6. The van der Waals surface area contributed by atoms with Gasteiger partial charge in [0.25, 0.3) is 5.91 Å². The molecule has 3 amide bonds. The van der Waals surface area contributed by atoms with Crippen LogP contribution in [0.4, 0.5) is 16.6 Å². The van der Waals surface area contributed by atoms with Crippen molar-refractivity contribution in [2.45, 2.75) is 71.9 Å². The topological polar surface area (TPSA) is 150 Å². The van der Waals surface area contributed by atoms with Crippen LogP contribution >= 0.6 is 0 Å². The van der Waals surface area contributed by atoms with Gasteiger partial charge in [0.05, 0.1) is 0 Å². The Bertz CT molecular complexity index is 1090. The number of likely N-dealkylation sites (N-methyl/N-ethyl adjacent to an activating group) is 1. The third kappa shape index (κ3) is 11.8. The fourth-order valence-corrected chi connectivity index (χ4v) is 3.61. The maximum atomic E-state index is 13.0. The molecule has 0 spiro atoms. The number of nitrogens with zero attached hydrogens (tertiary/aromatic N) is 4. The van der Waals surface area contributed by atoms with Crippen LogP contribution in [0.25, 0.3) is 0 Å². The van der Waals surface area contributed by atoms with Crippen LogP contribution < -0.4 is 21.3 Å². The Morgan fingerprint density at radius 1 is 1.05 bits per heavy atom. The molecule has 0 fully saturated rings. The average Bonchev–Trinajstić information content (AvgIpc) is 2.90. The van der Waals surface area contributed by atoms with Gasteiger partial charge in [-0.2, -0.15) is 4.98 Å². The smallest absolute Gasteiger partial charge is 0.410 e. The fourth-order valence-electron chi connectivity index (χ4n) is 3.61. The van der Waals surface area contributed by atoms with Crippen molar-refractivity contribution in [3.8, 4) is 0 Å². The number of carbonyl (C=O) groups is 3. The van der Waals surface area contributed by atoms with Gasteiger partial charge in [-0.1, -0.05) is 13.8 Å². The van der Waals surface area contributed by atoms with E-state index in [1.54, 1.807) is 33.2 Å². The summed E-state index contributed by atoms with van der Waals surface area (Å²) >= 11 is 0. The van der Waals surface area contributed by atoms with Gasteiger partial charge < -0.3 is 30.9 Å². The molecular formula is C28H44N8O4. The van der Waals surface area contributed by atoms with Gasteiger partial charge in [0.15, 0.2) is 0 Å². The van der Waals surface area contributed by atoms with Crippen LogP contribution in [0.5, 0.6) is 0 Å². The van der Waals surface area contributed by atoms with Crippen molar-refractivity contribution in [3.63, 3.8) is 0 Å². The van der Waals surface area contributed by atoms with E-state index >= 15 is 0 Å². The highest BCUT2D eigenvalue weighted by Crippen LogP contribution is 2.15. The first-order valence-corrected chi connectivity index (χ1v) is 13.8. The molecule has 1 atom stereocenters. The Morgan fingerprint density at radius 2 is 1.77 bits per heavy atom. The summed E-state index contributed by atoms with van der Waals surface area (Å²) in [4.78, 5) is 51.6. The highest BCUT2D eigenvalue weighted by Gasteiger charge is 2.22. The van der Waals surface area contributed by atoms with Gasteiger partial charge in [0.2, 0.25) is 11.9 Å². The minimum absolute atomic E-state index is 0.121. The second-order valence-electron chi connectivity index (χ2n) is 10.5. The summed E-state index contributed by atoms with van der Waals surface area (Å²) in [5.74, 6) is 0.311. The summed E-state index contributed by atoms with van der Waals surface area (Å²) in [7, 11) is 1.52. The molecule has 12 nitrogen and oxygen atoms in total. The summed E-state index contributed by atoms with van der Waals surface area (Å²) < 4.78 is 5.28. The number of carbonyl (C=O) groups excluding carboxylic acids is 3. The van der Waals surface area contributed by atoms with E-state index < -0.39 is 11.7 Å². The molecule has 2 aromatic rings. The summed E-state index contributed by atoms with van der Waals surface area (Å²) in [5.41, 5.74) is 0.865. The zero-order valence-corrected chi connectivity index (χ0v) is 24.5. The van der Waals surface area contributed by atoms with Crippen LogP contribution in [0.15, 0.2) is 30.7 Å².